The van der Waals surface area contributed by atoms with Gasteiger partial charge in [-0.3, -0.25) is 0 Å². The molecule has 0 aromatic rings. The lowest BCUT2D eigenvalue weighted by atomic mass is 10.1. The molecule has 0 N–H and O–H groups in total. The first kappa shape index (κ1) is 21.4. The van der Waals surface area contributed by atoms with E-state index in [-0.39, 0.29) is 0 Å². The Bertz CT molecular complexity index is 377. The molecule has 0 bridgehead atoms. The van der Waals surface area contributed by atoms with E-state index in [0.717, 1.165) is 11.3 Å². The van der Waals surface area contributed by atoms with Crippen LogP contribution in [0.15, 0.2) is 59.3 Å². The zero-order chi connectivity index (χ0) is 16.6. The largest absolute Gasteiger partial charge is 0.128 e. The fraction of sp³-hybridized carbons (Fsp3) is 0.500. The van der Waals surface area contributed by atoms with Crippen LogP contribution in [-0.2, 0) is 0 Å². The van der Waals surface area contributed by atoms with Crippen LogP contribution in [0.3, 0.4) is 0 Å². The maximum Gasteiger partial charge on any atom is 0.0202 e. The molecular weight excluding hydrogens is 304 g/mol. The number of hydrogen-bond donors (Lipinski definition) is 0. The molecular formula is C20H32S2. The summed E-state index contributed by atoms with van der Waals surface area (Å²) >= 11 is 3.42. The highest BCUT2D eigenvalue weighted by molar-refractivity contribution is 8.10. The summed E-state index contributed by atoms with van der Waals surface area (Å²) < 4.78 is 0. The van der Waals surface area contributed by atoms with Crippen molar-refractivity contribution in [2.75, 3.05) is 6.26 Å². The molecule has 0 radical (unpaired) electrons. The van der Waals surface area contributed by atoms with Crippen LogP contribution in [0.4, 0.5) is 0 Å². The third-order valence-corrected chi connectivity index (χ3v) is 5.31. The predicted octanol–water partition coefficient (Wildman–Crippen LogP) is 7.88. The third-order valence-electron chi connectivity index (χ3n) is 3.40. The first-order valence-electron chi connectivity index (χ1n) is 8.18. The van der Waals surface area contributed by atoms with Crippen molar-refractivity contribution in [1.29, 1.82) is 0 Å². The van der Waals surface area contributed by atoms with E-state index in [1.54, 1.807) is 23.5 Å². The highest BCUT2D eigenvalue weighted by Gasteiger charge is 2.04. The summed E-state index contributed by atoms with van der Waals surface area (Å²) in [6.07, 6.45) is 19.5. The summed E-state index contributed by atoms with van der Waals surface area (Å²) in [6.45, 7) is 15.8. The molecule has 0 aliphatic rings. The van der Waals surface area contributed by atoms with Gasteiger partial charge in [-0.15, -0.1) is 18.3 Å². The molecule has 2 heteroatoms. The molecule has 0 atom stereocenters. The van der Waals surface area contributed by atoms with E-state index in [9.17, 15) is 0 Å². The Balaban J connectivity index is 3.65. The number of allylic oxidation sites excluding steroid dienone is 4. The van der Waals surface area contributed by atoms with Gasteiger partial charge in [-0.2, -0.15) is 0 Å². The summed E-state index contributed by atoms with van der Waals surface area (Å²) in [5.74, 6) is 0. The van der Waals surface area contributed by atoms with Gasteiger partial charge in [0.25, 0.3) is 0 Å². The Morgan fingerprint density at radius 2 is 1.50 bits per heavy atom. The van der Waals surface area contributed by atoms with Crippen LogP contribution in [0.25, 0.3) is 0 Å². The van der Waals surface area contributed by atoms with E-state index >= 15 is 0 Å². The molecule has 0 saturated heterocycles. The maximum absolute atomic E-state index is 4.17. The molecule has 0 aromatic heterocycles. The summed E-state index contributed by atoms with van der Waals surface area (Å²) in [5, 5.41) is 0. The number of unbranched alkanes of at least 4 members (excludes halogenated alkanes) is 7. The predicted molar refractivity (Wildman–Crippen MR) is 109 cm³/mol. The van der Waals surface area contributed by atoms with Gasteiger partial charge in [-0.1, -0.05) is 75.8 Å². The smallest absolute Gasteiger partial charge is 0.0202 e. The molecule has 0 fully saturated rings. The van der Waals surface area contributed by atoms with Crippen molar-refractivity contribution in [2.24, 2.45) is 0 Å². The fourth-order valence-corrected chi connectivity index (χ4v) is 3.75. The minimum Gasteiger partial charge on any atom is -0.128 e. The van der Waals surface area contributed by atoms with Gasteiger partial charge in [0.15, 0.2) is 0 Å². The van der Waals surface area contributed by atoms with Gasteiger partial charge in [0, 0.05) is 9.81 Å². The van der Waals surface area contributed by atoms with Crippen molar-refractivity contribution < 1.29 is 0 Å². The molecule has 0 unspecified atom stereocenters. The second kappa shape index (κ2) is 15.3. The standard InChI is InChI=1S/C20H32S2/c1-6-8-9-10-11-12-13-14-15-17-18(3)22-19(4)20(21-5)16-7-2/h6-7,16H,1-4,8-15,17H2,5H3/b20-16-. The lowest BCUT2D eigenvalue weighted by molar-refractivity contribution is 0.583. The topological polar surface area (TPSA) is 0 Å². The highest BCUT2D eigenvalue weighted by Crippen LogP contribution is 2.35. The number of rotatable bonds is 15. The van der Waals surface area contributed by atoms with Crippen LogP contribution < -0.4 is 0 Å². The summed E-state index contributed by atoms with van der Waals surface area (Å²) in [6, 6.07) is 0. The van der Waals surface area contributed by atoms with E-state index in [0.29, 0.717) is 0 Å². The zero-order valence-electron chi connectivity index (χ0n) is 14.2. The van der Waals surface area contributed by atoms with Crippen molar-refractivity contribution in [2.45, 2.75) is 57.8 Å². The molecule has 0 heterocycles. The van der Waals surface area contributed by atoms with Gasteiger partial charge in [0.05, 0.1) is 0 Å². The molecule has 0 saturated carbocycles. The molecule has 124 valence electrons. The number of thioether (sulfide) groups is 2. The van der Waals surface area contributed by atoms with Crippen LogP contribution in [0, 0.1) is 0 Å². The van der Waals surface area contributed by atoms with Gasteiger partial charge in [-0.05, 0) is 42.9 Å². The molecule has 0 aliphatic carbocycles. The first-order chi connectivity index (χ1) is 10.7. The Morgan fingerprint density at radius 3 is 2.05 bits per heavy atom. The van der Waals surface area contributed by atoms with Crippen molar-refractivity contribution >= 4 is 23.5 Å². The van der Waals surface area contributed by atoms with Gasteiger partial charge in [0.1, 0.15) is 0 Å². The minimum atomic E-state index is 1.08. The Kier molecular flexibility index (Phi) is 14.9. The van der Waals surface area contributed by atoms with Gasteiger partial charge in [0.2, 0.25) is 0 Å². The second-order valence-corrected chi connectivity index (χ2v) is 7.46. The van der Waals surface area contributed by atoms with Crippen LogP contribution >= 0.6 is 23.5 Å². The molecule has 0 aromatic carbocycles. The van der Waals surface area contributed by atoms with Crippen molar-refractivity contribution in [3.8, 4) is 0 Å². The van der Waals surface area contributed by atoms with E-state index in [1.807, 2.05) is 18.2 Å². The Morgan fingerprint density at radius 1 is 0.909 bits per heavy atom. The first-order valence-corrected chi connectivity index (χ1v) is 10.2. The van der Waals surface area contributed by atoms with E-state index < -0.39 is 0 Å². The monoisotopic (exact) mass is 336 g/mol. The Labute approximate surface area is 146 Å². The van der Waals surface area contributed by atoms with Gasteiger partial charge in [-0.25, -0.2) is 0 Å². The lowest BCUT2D eigenvalue weighted by Gasteiger charge is -2.09. The van der Waals surface area contributed by atoms with E-state index in [2.05, 4.69) is 32.6 Å². The average molecular weight is 337 g/mol. The molecule has 0 aliphatic heterocycles. The van der Waals surface area contributed by atoms with E-state index in [1.165, 1.54) is 61.2 Å². The van der Waals surface area contributed by atoms with Crippen LogP contribution in [0.1, 0.15) is 57.8 Å². The van der Waals surface area contributed by atoms with Crippen LogP contribution in [-0.4, -0.2) is 6.26 Å². The molecule has 0 nitrogen and oxygen atoms in total. The molecule has 0 spiro atoms. The van der Waals surface area contributed by atoms with Crippen molar-refractivity contribution in [3.63, 3.8) is 0 Å². The Hall–Kier alpha value is -0.600. The summed E-state index contributed by atoms with van der Waals surface area (Å²) in [7, 11) is 0. The third kappa shape index (κ3) is 12.0. The number of hydrogen-bond acceptors (Lipinski definition) is 2. The van der Waals surface area contributed by atoms with Gasteiger partial charge < -0.3 is 0 Å². The normalized spacial score (nSPS) is 11.2. The van der Waals surface area contributed by atoms with E-state index in [4.69, 9.17) is 0 Å². The lowest BCUT2D eigenvalue weighted by Crippen LogP contribution is -1.84. The fourth-order valence-electron chi connectivity index (χ4n) is 2.15. The minimum absolute atomic E-state index is 1.08. The SMILES string of the molecule is C=C/C=C(\SC)C(=C)SC(=C)CCCCCCCCCC=C. The zero-order valence-corrected chi connectivity index (χ0v) is 15.9. The quantitative estimate of drug-likeness (QED) is 0.169. The average Bonchev–Trinajstić information content (AvgIpc) is 2.50. The maximum atomic E-state index is 4.17. The second-order valence-electron chi connectivity index (χ2n) is 5.34. The molecule has 0 amide bonds. The van der Waals surface area contributed by atoms with Crippen LogP contribution in [0.2, 0.25) is 0 Å². The summed E-state index contributed by atoms with van der Waals surface area (Å²) in [5.41, 5.74) is 0. The van der Waals surface area contributed by atoms with Crippen molar-refractivity contribution in [1.82, 2.24) is 0 Å². The van der Waals surface area contributed by atoms with Gasteiger partial charge >= 0.3 is 0 Å². The highest BCUT2D eigenvalue weighted by atomic mass is 32.2. The van der Waals surface area contributed by atoms with Crippen molar-refractivity contribution in [3.05, 3.63) is 59.3 Å². The van der Waals surface area contributed by atoms with Crippen LogP contribution in [0.5, 0.6) is 0 Å². The molecule has 0 rings (SSSR count). The summed E-state index contributed by atoms with van der Waals surface area (Å²) in [4.78, 5) is 3.49. The molecule has 22 heavy (non-hydrogen) atoms.